The summed E-state index contributed by atoms with van der Waals surface area (Å²) in [5.74, 6) is 0.0633. The molecule has 1 aliphatic rings. The first-order valence-electron chi connectivity index (χ1n) is 7.36. The Kier molecular flexibility index (Phi) is 5.25. The van der Waals surface area contributed by atoms with E-state index in [1.54, 1.807) is 19.1 Å². The monoisotopic (exact) mass is 310 g/mol. The van der Waals surface area contributed by atoms with Gasteiger partial charge in [0.1, 0.15) is 0 Å². The Balaban J connectivity index is 2.07. The lowest BCUT2D eigenvalue weighted by Crippen LogP contribution is -2.55. The number of aliphatic hydroxyl groups excluding tert-OH is 1. The van der Waals surface area contributed by atoms with Crippen molar-refractivity contribution in [3.8, 4) is 0 Å². The van der Waals surface area contributed by atoms with Crippen LogP contribution in [0.25, 0.3) is 0 Å². The predicted molar refractivity (Wildman–Crippen MR) is 84.8 cm³/mol. The molecule has 1 amide bonds. The van der Waals surface area contributed by atoms with Crippen molar-refractivity contribution in [1.82, 2.24) is 9.80 Å². The third kappa shape index (κ3) is 3.96. The SMILES string of the molecule is Cc1cc(Cl)ccc1C(=O)N1CCN(C[C@H](C)O)C[C@H]1C. The molecular weight excluding hydrogens is 288 g/mol. The Labute approximate surface area is 131 Å². The van der Waals surface area contributed by atoms with Crippen LogP contribution in [0.3, 0.4) is 0 Å². The number of amides is 1. The van der Waals surface area contributed by atoms with Crippen LogP contribution in [0.15, 0.2) is 18.2 Å². The maximum Gasteiger partial charge on any atom is 0.254 e. The van der Waals surface area contributed by atoms with Crippen LogP contribution in [-0.2, 0) is 0 Å². The molecule has 0 spiro atoms. The molecule has 5 heteroatoms. The molecule has 1 aromatic carbocycles. The smallest absolute Gasteiger partial charge is 0.254 e. The largest absolute Gasteiger partial charge is 0.392 e. The van der Waals surface area contributed by atoms with Gasteiger partial charge in [0.15, 0.2) is 0 Å². The summed E-state index contributed by atoms with van der Waals surface area (Å²) in [6.45, 7) is 8.70. The average Bonchev–Trinajstić information content (AvgIpc) is 2.37. The maximum absolute atomic E-state index is 12.7. The van der Waals surface area contributed by atoms with Crippen molar-refractivity contribution in [2.45, 2.75) is 32.9 Å². The van der Waals surface area contributed by atoms with Crippen LogP contribution in [0.4, 0.5) is 0 Å². The third-order valence-electron chi connectivity index (χ3n) is 3.91. The average molecular weight is 311 g/mol. The van der Waals surface area contributed by atoms with E-state index in [-0.39, 0.29) is 18.1 Å². The zero-order valence-electron chi connectivity index (χ0n) is 12.8. The van der Waals surface area contributed by atoms with Crippen LogP contribution < -0.4 is 0 Å². The molecule has 21 heavy (non-hydrogen) atoms. The molecule has 0 aliphatic carbocycles. The van der Waals surface area contributed by atoms with Crippen molar-refractivity contribution >= 4 is 17.5 Å². The number of halogens is 1. The fourth-order valence-electron chi connectivity index (χ4n) is 2.90. The van der Waals surface area contributed by atoms with Gasteiger partial charge in [0, 0.05) is 42.8 Å². The quantitative estimate of drug-likeness (QED) is 0.930. The molecule has 2 rings (SSSR count). The number of nitrogens with zero attached hydrogens (tertiary/aromatic N) is 2. The van der Waals surface area contributed by atoms with Gasteiger partial charge < -0.3 is 10.0 Å². The number of aryl methyl sites for hydroxylation is 1. The highest BCUT2D eigenvalue weighted by Crippen LogP contribution is 2.19. The predicted octanol–water partition coefficient (Wildman–Crippen LogP) is 2.18. The van der Waals surface area contributed by atoms with E-state index in [1.165, 1.54) is 0 Å². The first-order chi connectivity index (χ1) is 9.88. The summed E-state index contributed by atoms with van der Waals surface area (Å²) < 4.78 is 0. The van der Waals surface area contributed by atoms with Gasteiger partial charge in [-0.05, 0) is 44.5 Å². The number of hydrogen-bond acceptors (Lipinski definition) is 3. The van der Waals surface area contributed by atoms with Gasteiger partial charge in [-0.3, -0.25) is 9.69 Å². The van der Waals surface area contributed by atoms with Crippen molar-refractivity contribution in [1.29, 1.82) is 0 Å². The minimum atomic E-state index is -0.335. The van der Waals surface area contributed by atoms with Gasteiger partial charge in [-0.15, -0.1) is 0 Å². The Morgan fingerprint density at radius 2 is 2.19 bits per heavy atom. The number of aliphatic hydroxyl groups is 1. The van der Waals surface area contributed by atoms with E-state index in [4.69, 9.17) is 11.6 Å². The summed E-state index contributed by atoms with van der Waals surface area (Å²) >= 11 is 5.95. The van der Waals surface area contributed by atoms with E-state index in [0.717, 1.165) is 24.2 Å². The van der Waals surface area contributed by atoms with E-state index < -0.39 is 0 Å². The molecule has 1 heterocycles. The second-order valence-electron chi connectivity index (χ2n) is 5.92. The molecule has 0 bridgehead atoms. The van der Waals surface area contributed by atoms with Gasteiger partial charge in [-0.25, -0.2) is 0 Å². The van der Waals surface area contributed by atoms with Crippen molar-refractivity contribution in [3.05, 3.63) is 34.3 Å². The first kappa shape index (κ1) is 16.3. The topological polar surface area (TPSA) is 43.8 Å². The van der Waals surface area contributed by atoms with Gasteiger partial charge in [-0.1, -0.05) is 11.6 Å². The summed E-state index contributed by atoms with van der Waals surface area (Å²) in [6.07, 6.45) is -0.335. The zero-order valence-corrected chi connectivity index (χ0v) is 13.6. The van der Waals surface area contributed by atoms with Crippen molar-refractivity contribution in [2.24, 2.45) is 0 Å². The number of β-amino-alcohol motifs (C(OH)–C–C–N with tert-alkyl or cyclic N) is 1. The van der Waals surface area contributed by atoms with Crippen molar-refractivity contribution < 1.29 is 9.90 Å². The van der Waals surface area contributed by atoms with Gasteiger partial charge >= 0.3 is 0 Å². The first-order valence-corrected chi connectivity index (χ1v) is 7.74. The number of rotatable bonds is 3. The summed E-state index contributed by atoms with van der Waals surface area (Å²) in [6, 6.07) is 5.52. The van der Waals surface area contributed by atoms with Crippen LogP contribution in [-0.4, -0.2) is 59.1 Å². The minimum absolute atomic E-state index is 0.0633. The number of piperazine rings is 1. The van der Waals surface area contributed by atoms with Crippen LogP contribution in [0.1, 0.15) is 29.8 Å². The minimum Gasteiger partial charge on any atom is -0.392 e. The standard InChI is InChI=1S/C16H23ClN2O2/c1-11-8-14(17)4-5-15(11)16(21)19-7-6-18(9-12(19)2)10-13(3)20/h4-5,8,12-13,20H,6-7,9-10H2,1-3H3/t12-,13+/m1/s1. The fraction of sp³-hybridized carbons (Fsp3) is 0.562. The van der Waals surface area contributed by atoms with Crippen LogP contribution in [0.5, 0.6) is 0 Å². The molecule has 1 aliphatic heterocycles. The van der Waals surface area contributed by atoms with Crippen molar-refractivity contribution in [2.75, 3.05) is 26.2 Å². The van der Waals surface area contributed by atoms with Gasteiger partial charge in [-0.2, -0.15) is 0 Å². The Morgan fingerprint density at radius 3 is 2.76 bits per heavy atom. The molecule has 1 N–H and O–H groups in total. The second kappa shape index (κ2) is 6.77. The highest BCUT2D eigenvalue weighted by Gasteiger charge is 2.29. The Hall–Kier alpha value is -1.10. The normalized spacial score (nSPS) is 21.4. The van der Waals surface area contributed by atoms with Crippen molar-refractivity contribution in [3.63, 3.8) is 0 Å². The molecule has 1 aromatic rings. The van der Waals surface area contributed by atoms with Crippen LogP contribution in [0.2, 0.25) is 5.02 Å². The zero-order chi connectivity index (χ0) is 15.6. The molecule has 0 radical (unpaired) electrons. The van der Waals surface area contributed by atoms with Gasteiger partial charge in [0.2, 0.25) is 0 Å². The molecule has 4 nitrogen and oxygen atoms in total. The summed E-state index contributed by atoms with van der Waals surface area (Å²) in [5.41, 5.74) is 1.63. The lowest BCUT2D eigenvalue weighted by atomic mass is 10.1. The summed E-state index contributed by atoms with van der Waals surface area (Å²) in [5, 5.41) is 10.1. The number of hydrogen-bond donors (Lipinski definition) is 1. The number of carbonyl (C=O) groups is 1. The van der Waals surface area contributed by atoms with Crippen LogP contribution in [0, 0.1) is 6.92 Å². The van der Waals surface area contributed by atoms with E-state index in [1.807, 2.05) is 17.9 Å². The number of benzene rings is 1. The highest BCUT2D eigenvalue weighted by atomic mass is 35.5. The third-order valence-corrected chi connectivity index (χ3v) is 4.15. The van der Waals surface area contributed by atoms with Gasteiger partial charge in [0.25, 0.3) is 5.91 Å². The van der Waals surface area contributed by atoms with E-state index in [2.05, 4.69) is 11.8 Å². The maximum atomic E-state index is 12.7. The fourth-order valence-corrected chi connectivity index (χ4v) is 3.12. The van der Waals surface area contributed by atoms with E-state index in [9.17, 15) is 9.90 Å². The molecule has 0 saturated carbocycles. The van der Waals surface area contributed by atoms with Gasteiger partial charge in [0.05, 0.1) is 6.10 Å². The Bertz CT molecular complexity index is 519. The van der Waals surface area contributed by atoms with E-state index >= 15 is 0 Å². The molecule has 2 atom stereocenters. The molecule has 116 valence electrons. The molecule has 0 aromatic heterocycles. The highest BCUT2D eigenvalue weighted by molar-refractivity contribution is 6.30. The Morgan fingerprint density at radius 1 is 1.48 bits per heavy atom. The molecule has 1 fully saturated rings. The second-order valence-corrected chi connectivity index (χ2v) is 6.35. The lowest BCUT2D eigenvalue weighted by molar-refractivity contribution is 0.0382. The number of carbonyl (C=O) groups excluding carboxylic acids is 1. The molecule has 0 unspecified atom stereocenters. The lowest BCUT2D eigenvalue weighted by Gasteiger charge is -2.40. The molecular formula is C16H23ClN2O2. The summed E-state index contributed by atoms with van der Waals surface area (Å²) in [4.78, 5) is 16.8. The molecule has 1 saturated heterocycles. The summed E-state index contributed by atoms with van der Waals surface area (Å²) in [7, 11) is 0. The van der Waals surface area contributed by atoms with E-state index in [0.29, 0.717) is 18.1 Å². The van der Waals surface area contributed by atoms with Crippen LogP contribution >= 0.6 is 11.6 Å².